The number of phenols is 2. The quantitative estimate of drug-likeness (QED) is 0.0303. The van der Waals surface area contributed by atoms with Crippen LogP contribution in [0.15, 0.2) is 18.2 Å². The third-order valence-corrected chi connectivity index (χ3v) is 10.3. The average Bonchev–Trinajstić information content (AvgIpc) is 3.05. The second kappa shape index (κ2) is 20.8. The number of phosphoric acid groups is 1. The first-order valence-electron chi connectivity index (χ1n) is 18.4. The average molecular weight is 806 g/mol. The molecular weight excluding hydrogens is 739 g/mol. The predicted molar refractivity (Wildman–Crippen MR) is 204 cm³/mol. The molecule has 4 atom stereocenters. The molecule has 17 heteroatoms. The van der Waals surface area contributed by atoms with Crippen molar-refractivity contribution >= 4 is 31.7 Å². The first kappa shape index (κ1) is 49.7. The van der Waals surface area contributed by atoms with Crippen molar-refractivity contribution < 1.29 is 71.3 Å². The monoisotopic (exact) mass is 805 g/mol. The Labute approximate surface area is 326 Å². The Morgan fingerprint density at radius 1 is 0.709 bits per heavy atom. The summed E-state index contributed by atoms with van der Waals surface area (Å²) in [6.07, 6.45) is -0.333. The Balaban J connectivity index is 3.51. The zero-order valence-corrected chi connectivity index (χ0v) is 35.8. The molecule has 0 radical (unpaired) electrons. The molecule has 1 rings (SSSR count). The van der Waals surface area contributed by atoms with E-state index in [9.17, 15) is 38.8 Å². The number of aromatic hydroxyl groups is 2. The van der Waals surface area contributed by atoms with Crippen LogP contribution in [0.3, 0.4) is 0 Å². The van der Waals surface area contributed by atoms with E-state index in [4.69, 9.17) is 28.0 Å². The molecule has 0 saturated heterocycles. The van der Waals surface area contributed by atoms with Gasteiger partial charge in [-0.15, -0.1) is 0 Å². The molecule has 1 aromatic carbocycles. The van der Waals surface area contributed by atoms with Crippen LogP contribution in [0.25, 0.3) is 0 Å². The Bertz CT molecular complexity index is 1500. The van der Waals surface area contributed by atoms with Gasteiger partial charge in [0.15, 0.2) is 11.5 Å². The van der Waals surface area contributed by atoms with Gasteiger partial charge in [-0.1, -0.05) is 13.0 Å². The second-order valence-corrected chi connectivity index (χ2v) is 18.2. The molecule has 0 heterocycles. The van der Waals surface area contributed by atoms with Gasteiger partial charge < -0.3 is 43.4 Å². The number of hydrogen-bond donors (Lipinski definition) is 3. The first-order chi connectivity index (χ1) is 25.1. The minimum Gasteiger partial charge on any atom is -0.504 e. The van der Waals surface area contributed by atoms with Gasteiger partial charge in [0.2, 0.25) is 0 Å². The number of carbonyl (C=O) groups excluding carboxylic acids is 4. The lowest BCUT2D eigenvalue weighted by atomic mass is 9.61. The summed E-state index contributed by atoms with van der Waals surface area (Å²) >= 11 is 0. The number of benzene rings is 1. The lowest BCUT2D eigenvalue weighted by molar-refractivity contribution is -0.870. The van der Waals surface area contributed by atoms with Crippen LogP contribution in [0.1, 0.15) is 79.7 Å². The highest BCUT2D eigenvalue weighted by atomic mass is 31.2. The number of phenolic OH excluding ortho intramolecular Hbond substituents is 2. The molecule has 0 aliphatic heterocycles. The van der Waals surface area contributed by atoms with Gasteiger partial charge in [0.05, 0.1) is 56.0 Å². The molecule has 0 aliphatic carbocycles. The third kappa shape index (κ3) is 16.8. The number of quaternary nitrogens is 1. The van der Waals surface area contributed by atoms with E-state index >= 15 is 0 Å². The molecule has 0 bridgehead atoms. The maximum Gasteiger partial charge on any atom is 0.472 e. The lowest BCUT2D eigenvalue weighted by Gasteiger charge is -2.42. The number of esters is 4. The van der Waals surface area contributed by atoms with Gasteiger partial charge in [0, 0.05) is 6.54 Å². The number of nitrogens with zero attached hydrogens (tertiary/aromatic N) is 2. The zero-order chi connectivity index (χ0) is 42.5. The normalized spacial score (nSPS) is 16.5. The number of hydrogen-bond acceptors (Lipinski definition) is 14. The molecule has 0 aromatic heterocycles. The van der Waals surface area contributed by atoms with E-state index in [1.165, 1.54) is 18.2 Å². The molecule has 1 aromatic rings. The van der Waals surface area contributed by atoms with E-state index < -0.39 is 72.3 Å². The fraction of sp³-hybridized carbons (Fsp3) is 0.737. The Kier molecular flexibility index (Phi) is 18.8. The maximum absolute atomic E-state index is 14.3. The van der Waals surface area contributed by atoms with Crippen LogP contribution in [-0.4, -0.2) is 130 Å². The van der Waals surface area contributed by atoms with Crippen molar-refractivity contribution in [2.75, 3.05) is 81.4 Å². The molecule has 0 saturated carbocycles. The van der Waals surface area contributed by atoms with Crippen molar-refractivity contribution in [3.05, 3.63) is 23.8 Å². The Morgan fingerprint density at radius 2 is 1.24 bits per heavy atom. The standard InChI is InChI=1S/C38H65N2O14P/c1-13-36(5,32(44)51-21-22-54-55(47,48)53-20-18-40(10,11)12)26-38(7,34(46)52-24-28-15-16-29(41)30(42)23-28)27-37(6,33(45)50-19-17-39(8)9)25-35(3,4)31(43)49-14-2/h15-16,23H,13-14,17-22,24-27H2,1-12H3,(H2-,41,42,47,48)/p+1. The summed E-state index contributed by atoms with van der Waals surface area (Å²) in [7, 11) is 4.90. The lowest BCUT2D eigenvalue weighted by Crippen LogP contribution is -2.47. The second-order valence-electron chi connectivity index (χ2n) is 16.8. The summed E-state index contributed by atoms with van der Waals surface area (Å²) < 4.78 is 45.2. The summed E-state index contributed by atoms with van der Waals surface area (Å²) in [5.74, 6) is -3.50. The molecule has 316 valence electrons. The number of ether oxygens (including phenoxy) is 4. The third-order valence-electron chi connectivity index (χ3n) is 9.25. The summed E-state index contributed by atoms with van der Waals surface area (Å²) in [5.41, 5.74) is -5.29. The zero-order valence-electron chi connectivity index (χ0n) is 34.9. The van der Waals surface area contributed by atoms with Crippen LogP contribution < -0.4 is 0 Å². The summed E-state index contributed by atoms with van der Waals surface area (Å²) in [5, 5.41) is 19.8. The van der Waals surface area contributed by atoms with Crippen molar-refractivity contribution in [3.63, 3.8) is 0 Å². The van der Waals surface area contributed by atoms with Crippen molar-refractivity contribution in [1.29, 1.82) is 0 Å². The van der Waals surface area contributed by atoms with Crippen LogP contribution >= 0.6 is 7.82 Å². The van der Waals surface area contributed by atoms with Crippen LogP contribution in [0.2, 0.25) is 0 Å². The minimum atomic E-state index is -4.42. The van der Waals surface area contributed by atoms with Crippen LogP contribution in [0.4, 0.5) is 0 Å². The predicted octanol–water partition coefficient (Wildman–Crippen LogP) is 4.82. The molecule has 0 spiro atoms. The molecule has 4 unspecified atom stereocenters. The largest absolute Gasteiger partial charge is 0.504 e. The highest BCUT2D eigenvalue weighted by Gasteiger charge is 2.53. The van der Waals surface area contributed by atoms with Crippen molar-refractivity contribution in [2.45, 2.75) is 80.8 Å². The van der Waals surface area contributed by atoms with Crippen LogP contribution in [0, 0.1) is 21.7 Å². The highest BCUT2D eigenvalue weighted by Crippen LogP contribution is 2.50. The van der Waals surface area contributed by atoms with E-state index in [1.807, 2.05) is 40.1 Å². The summed E-state index contributed by atoms with van der Waals surface area (Å²) in [6, 6.07) is 3.95. The highest BCUT2D eigenvalue weighted by molar-refractivity contribution is 7.47. The van der Waals surface area contributed by atoms with Gasteiger partial charge >= 0.3 is 31.7 Å². The molecule has 55 heavy (non-hydrogen) atoms. The van der Waals surface area contributed by atoms with E-state index in [2.05, 4.69) is 0 Å². The number of phosphoric ester groups is 1. The fourth-order valence-electron chi connectivity index (χ4n) is 6.26. The van der Waals surface area contributed by atoms with Crippen molar-refractivity contribution in [3.8, 4) is 11.5 Å². The van der Waals surface area contributed by atoms with Crippen LogP contribution in [0.5, 0.6) is 11.5 Å². The van der Waals surface area contributed by atoms with E-state index in [-0.39, 0.29) is 57.9 Å². The van der Waals surface area contributed by atoms with E-state index in [1.54, 1.807) is 48.5 Å². The van der Waals surface area contributed by atoms with Gasteiger partial charge in [-0.3, -0.25) is 28.2 Å². The molecule has 0 amide bonds. The smallest absolute Gasteiger partial charge is 0.472 e. The minimum absolute atomic E-state index is 0.0351. The summed E-state index contributed by atoms with van der Waals surface area (Å²) in [6.45, 7) is 11.3. The van der Waals surface area contributed by atoms with Gasteiger partial charge in [0.1, 0.15) is 33.0 Å². The number of rotatable bonds is 25. The Hall–Kier alpha value is -3.27. The maximum atomic E-state index is 14.3. The van der Waals surface area contributed by atoms with Gasteiger partial charge in [-0.2, -0.15) is 0 Å². The van der Waals surface area contributed by atoms with Gasteiger partial charge in [-0.05, 0) is 99.0 Å². The molecular formula is C38H66N2O14P+. The van der Waals surface area contributed by atoms with E-state index in [0.29, 0.717) is 23.1 Å². The molecule has 16 nitrogen and oxygen atoms in total. The summed E-state index contributed by atoms with van der Waals surface area (Å²) in [4.78, 5) is 67.1. The fourth-order valence-corrected chi connectivity index (χ4v) is 6.95. The van der Waals surface area contributed by atoms with Crippen molar-refractivity contribution in [1.82, 2.24) is 4.90 Å². The topological polar surface area (TPSA) is 205 Å². The van der Waals surface area contributed by atoms with Gasteiger partial charge in [0.25, 0.3) is 0 Å². The van der Waals surface area contributed by atoms with Gasteiger partial charge in [-0.25, -0.2) is 4.57 Å². The van der Waals surface area contributed by atoms with E-state index in [0.717, 1.165) is 0 Å². The van der Waals surface area contributed by atoms with Crippen LogP contribution in [-0.2, 0) is 58.3 Å². The first-order valence-corrected chi connectivity index (χ1v) is 19.9. The Morgan fingerprint density at radius 3 is 1.78 bits per heavy atom. The SMILES string of the molecule is CCOC(=O)C(C)(C)CC(C)(CC(C)(CC(C)(CC)C(=O)OCCOP(=O)(O)OCC[N+](C)(C)C)C(=O)OCc1ccc(O)c(O)c1)C(=O)OCCN(C)C. The molecule has 0 aliphatic rings. The molecule has 3 N–H and O–H groups in total. The number of likely N-dealkylation sites (N-methyl/N-ethyl adjacent to an activating group) is 2. The number of carbonyl (C=O) groups is 4. The molecule has 0 fully saturated rings. The van der Waals surface area contributed by atoms with Crippen molar-refractivity contribution in [2.24, 2.45) is 21.7 Å².